The summed E-state index contributed by atoms with van der Waals surface area (Å²) >= 11 is 0. The minimum Gasteiger partial charge on any atom is -0.380 e. The molecule has 0 unspecified atom stereocenters. The smallest absolute Gasteiger partial charge is 0.0593 e. The van der Waals surface area contributed by atoms with Gasteiger partial charge in [-0.3, -0.25) is 4.98 Å². The van der Waals surface area contributed by atoms with E-state index in [1.807, 2.05) is 31.3 Å². The average Bonchev–Trinajstić information content (AvgIpc) is 2.43. The van der Waals surface area contributed by atoms with Crippen molar-refractivity contribution in [2.75, 3.05) is 39.4 Å². The Labute approximate surface area is 110 Å². The van der Waals surface area contributed by atoms with Crippen LogP contribution < -0.4 is 5.32 Å². The second kappa shape index (κ2) is 10.00. The first kappa shape index (κ1) is 15.1. The minimum absolute atomic E-state index is 0.801. The monoisotopic (exact) mass is 251 g/mol. The molecule has 0 aliphatic rings. The van der Waals surface area contributed by atoms with Crippen molar-refractivity contribution >= 4 is 0 Å². The van der Waals surface area contributed by atoms with Crippen LogP contribution in [0.15, 0.2) is 24.4 Å². The van der Waals surface area contributed by atoms with Gasteiger partial charge in [0.15, 0.2) is 0 Å². The summed E-state index contributed by atoms with van der Waals surface area (Å²) in [5.74, 6) is 0. The normalized spacial score (nSPS) is 11.1. The highest BCUT2D eigenvalue weighted by atomic mass is 16.5. The SMILES string of the molecule is CCOCCN(CC)CCNCc1ccccn1. The van der Waals surface area contributed by atoms with E-state index >= 15 is 0 Å². The maximum Gasteiger partial charge on any atom is 0.0593 e. The molecule has 0 atom stereocenters. The molecular formula is C14H25N3O. The van der Waals surface area contributed by atoms with Crippen molar-refractivity contribution in [3.63, 3.8) is 0 Å². The number of rotatable bonds is 10. The topological polar surface area (TPSA) is 37.4 Å². The fourth-order valence-corrected chi connectivity index (χ4v) is 1.72. The molecule has 4 nitrogen and oxygen atoms in total. The Hall–Kier alpha value is -0.970. The highest BCUT2D eigenvalue weighted by Gasteiger charge is 2.01. The third-order valence-corrected chi connectivity index (χ3v) is 2.84. The Bertz CT molecular complexity index is 292. The largest absolute Gasteiger partial charge is 0.380 e. The van der Waals surface area contributed by atoms with Crippen molar-refractivity contribution in [3.8, 4) is 0 Å². The van der Waals surface area contributed by atoms with E-state index in [1.54, 1.807) is 0 Å². The molecule has 1 aromatic rings. The van der Waals surface area contributed by atoms with E-state index in [-0.39, 0.29) is 0 Å². The van der Waals surface area contributed by atoms with Crippen LogP contribution in [0.5, 0.6) is 0 Å². The second-order valence-corrected chi connectivity index (χ2v) is 4.13. The molecule has 4 heteroatoms. The van der Waals surface area contributed by atoms with Gasteiger partial charge in [0.25, 0.3) is 0 Å². The quantitative estimate of drug-likeness (QED) is 0.640. The van der Waals surface area contributed by atoms with Crippen molar-refractivity contribution < 1.29 is 4.74 Å². The molecule has 0 fully saturated rings. The van der Waals surface area contributed by atoms with Gasteiger partial charge < -0.3 is 15.0 Å². The molecule has 1 N–H and O–H groups in total. The fourth-order valence-electron chi connectivity index (χ4n) is 1.72. The van der Waals surface area contributed by atoms with Crippen LogP contribution in [0, 0.1) is 0 Å². The third kappa shape index (κ3) is 6.69. The zero-order chi connectivity index (χ0) is 13.1. The average molecular weight is 251 g/mol. The van der Waals surface area contributed by atoms with E-state index in [1.165, 1.54) is 0 Å². The molecule has 102 valence electrons. The lowest BCUT2D eigenvalue weighted by Gasteiger charge is -2.20. The van der Waals surface area contributed by atoms with Crippen LogP contribution >= 0.6 is 0 Å². The summed E-state index contributed by atoms with van der Waals surface area (Å²) in [4.78, 5) is 6.67. The first-order chi connectivity index (χ1) is 8.86. The highest BCUT2D eigenvalue weighted by molar-refractivity contribution is 5.02. The summed E-state index contributed by atoms with van der Waals surface area (Å²) in [5.41, 5.74) is 1.09. The fraction of sp³-hybridized carbons (Fsp3) is 0.643. The van der Waals surface area contributed by atoms with Crippen LogP contribution in [0.25, 0.3) is 0 Å². The standard InChI is InChI=1S/C14H25N3O/c1-3-17(11-12-18-4-2)10-9-15-13-14-7-5-6-8-16-14/h5-8,15H,3-4,9-13H2,1-2H3. The van der Waals surface area contributed by atoms with Gasteiger partial charge in [0.2, 0.25) is 0 Å². The van der Waals surface area contributed by atoms with Gasteiger partial charge in [-0.05, 0) is 25.6 Å². The van der Waals surface area contributed by atoms with E-state index in [2.05, 4.69) is 22.1 Å². The first-order valence-electron chi connectivity index (χ1n) is 6.77. The number of hydrogen-bond donors (Lipinski definition) is 1. The van der Waals surface area contributed by atoms with Crippen LogP contribution in [0.4, 0.5) is 0 Å². The summed E-state index contributed by atoms with van der Waals surface area (Å²) in [7, 11) is 0. The summed E-state index contributed by atoms with van der Waals surface area (Å²) in [6.45, 7) is 10.8. The first-order valence-corrected chi connectivity index (χ1v) is 6.77. The van der Waals surface area contributed by atoms with Crippen molar-refractivity contribution in [3.05, 3.63) is 30.1 Å². The number of hydrogen-bond acceptors (Lipinski definition) is 4. The predicted molar refractivity (Wildman–Crippen MR) is 74.6 cm³/mol. The van der Waals surface area contributed by atoms with Crippen molar-refractivity contribution in [1.82, 2.24) is 15.2 Å². The van der Waals surface area contributed by atoms with Crippen molar-refractivity contribution in [2.24, 2.45) is 0 Å². The van der Waals surface area contributed by atoms with E-state index in [0.29, 0.717) is 0 Å². The van der Waals surface area contributed by atoms with Crippen LogP contribution in [0.1, 0.15) is 19.5 Å². The van der Waals surface area contributed by atoms with Gasteiger partial charge in [-0.1, -0.05) is 13.0 Å². The maximum atomic E-state index is 5.37. The van der Waals surface area contributed by atoms with Crippen molar-refractivity contribution in [2.45, 2.75) is 20.4 Å². The predicted octanol–water partition coefficient (Wildman–Crippen LogP) is 1.53. The van der Waals surface area contributed by atoms with E-state index in [4.69, 9.17) is 4.74 Å². The van der Waals surface area contributed by atoms with Gasteiger partial charge in [0.1, 0.15) is 0 Å². The number of aromatic nitrogens is 1. The Balaban J connectivity index is 2.08. The molecule has 0 saturated carbocycles. The lowest BCUT2D eigenvalue weighted by molar-refractivity contribution is 0.115. The second-order valence-electron chi connectivity index (χ2n) is 4.13. The van der Waals surface area contributed by atoms with Gasteiger partial charge in [-0.15, -0.1) is 0 Å². The third-order valence-electron chi connectivity index (χ3n) is 2.84. The summed E-state index contributed by atoms with van der Waals surface area (Å²) < 4.78 is 5.37. The van der Waals surface area contributed by atoms with Gasteiger partial charge in [0, 0.05) is 39.0 Å². The summed E-state index contributed by atoms with van der Waals surface area (Å²) in [5, 5.41) is 3.41. The van der Waals surface area contributed by atoms with Crippen LogP contribution in [-0.2, 0) is 11.3 Å². The van der Waals surface area contributed by atoms with E-state index in [9.17, 15) is 0 Å². The van der Waals surface area contributed by atoms with Crippen LogP contribution in [0.2, 0.25) is 0 Å². The highest BCUT2D eigenvalue weighted by Crippen LogP contribution is 1.92. The number of likely N-dealkylation sites (N-methyl/N-ethyl adjacent to an activating group) is 1. The number of nitrogens with zero attached hydrogens (tertiary/aromatic N) is 2. The summed E-state index contributed by atoms with van der Waals surface area (Å²) in [6, 6.07) is 6.00. The van der Waals surface area contributed by atoms with Crippen molar-refractivity contribution in [1.29, 1.82) is 0 Å². The lowest BCUT2D eigenvalue weighted by atomic mass is 10.3. The van der Waals surface area contributed by atoms with Crippen LogP contribution in [0.3, 0.4) is 0 Å². The lowest BCUT2D eigenvalue weighted by Crippen LogP contribution is -2.34. The minimum atomic E-state index is 0.801. The molecular weight excluding hydrogens is 226 g/mol. The van der Waals surface area contributed by atoms with Gasteiger partial charge in [0.05, 0.1) is 12.3 Å². The number of ether oxygens (including phenoxy) is 1. The van der Waals surface area contributed by atoms with E-state index < -0.39 is 0 Å². The Kier molecular flexibility index (Phi) is 8.38. The van der Waals surface area contributed by atoms with Gasteiger partial charge in [-0.25, -0.2) is 0 Å². The van der Waals surface area contributed by atoms with E-state index in [0.717, 1.165) is 51.6 Å². The number of nitrogens with one attached hydrogen (secondary N) is 1. The molecule has 0 amide bonds. The zero-order valence-electron chi connectivity index (χ0n) is 11.6. The molecule has 0 radical (unpaired) electrons. The molecule has 0 bridgehead atoms. The molecule has 0 saturated heterocycles. The zero-order valence-corrected chi connectivity index (χ0v) is 11.6. The number of pyridine rings is 1. The molecule has 1 rings (SSSR count). The summed E-state index contributed by atoms with van der Waals surface area (Å²) in [6.07, 6.45) is 1.83. The molecule has 1 aromatic heterocycles. The molecule has 0 aliphatic carbocycles. The molecule has 18 heavy (non-hydrogen) atoms. The van der Waals surface area contributed by atoms with Crippen LogP contribution in [-0.4, -0.2) is 49.3 Å². The Morgan fingerprint density at radius 1 is 1.28 bits per heavy atom. The maximum absolute atomic E-state index is 5.37. The molecule has 1 heterocycles. The molecule has 0 spiro atoms. The Morgan fingerprint density at radius 2 is 2.17 bits per heavy atom. The molecule has 0 aromatic carbocycles. The van der Waals surface area contributed by atoms with Gasteiger partial charge in [-0.2, -0.15) is 0 Å². The Morgan fingerprint density at radius 3 is 2.83 bits per heavy atom. The van der Waals surface area contributed by atoms with Gasteiger partial charge >= 0.3 is 0 Å². The molecule has 0 aliphatic heterocycles.